The summed E-state index contributed by atoms with van der Waals surface area (Å²) in [5.41, 5.74) is 6.60. The molecule has 2 aliphatic rings. The molecule has 2 aliphatic heterocycles. The number of carbonyl (C=O) groups excluding carboxylic acids is 1. The Hall–Kier alpha value is -4.01. The second kappa shape index (κ2) is 9.80. The highest BCUT2D eigenvalue weighted by Gasteiger charge is 2.21. The highest BCUT2D eigenvalue weighted by atomic mass is 16.1. The Morgan fingerprint density at radius 3 is 2.92 bits per heavy atom. The largest absolute Gasteiger partial charge is 0.370 e. The Labute approximate surface area is 215 Å². The zero-order valence-electron chi connectivity index (χ0n) is 21.3. The predicted molar refractivity (Wildman–Crippen MR) is 148 cm³/mol. The van der Waals surface area contributed by atoms with Gasteiger partial charge in [-0.3, -0.25) is 14.9 Å². The van der Waals surface area contributed by atoms with E-state index in [0.717, 1.165) is 52.2 Å². The van der Waals surface area contributed by atoms with Gasteiger partial charge in [0.1, 0.15) is 11.2 Å². The molecule has 1 fully saturated rings. The number of nitrogens with zero attached hydrogens (tertiary/aromatic N) is 5. The van der Waals surface area contributed by atoms with Crippen molar-refractivity contribution >= 4 is 45.4 Å². The topological polar surface area (TPSA) is 115 Å². The molecular formula is C28H32N8O. The van der Waals surface area contributed by atoms with E-state index >= 15 is 0 Å². The molecule has 9 nitrogen and oxygen atoms in total. The van der Waals surface area contributed by atoms with Crippen LogP contribution in [0.4, 0.5) is 5.69 Å². The van der Waals surface area contributed by atoms with Gasteiger partial charge in [0.05, 0.1) is 22.6 Å². The van der Waals surface area contributed by atoms with Crippen LogP contribution in [-0.4, -0.2) is 56.4 Å². The minimum absolute atomic E-state index is 0.0483. The van der Waals surface area contributed by atoms with E-state index in [9.17, 15) is 4.79 Å². The third-order valence-electron chi connectivity index (χ3n) is 7.08. The molecule has 0 bridgehead atoms. The summed E-state index contributed by atoms with van der Waals surface area (Å²) in [6, 6.07) is 8.27. The smallest absolute Gasteiger partial charge is 0.220 e. The van der Waals surface area contributed by atoms with Gasteiger partial charge in [-0.15, -0.1) is 0 Å². The number of amides is 1. The molecule has 37 heavy (non-hydrogen) atoms. The Morgan fingerprint density at radius 1 is 1.22 bits per heavy atom. The van der Waals surface area contributed by atoms with Crippen LogP contribution >= 0.6 is 0 Å². The van der Waals surface area contributed by atoms with Gasteiger partial charge in [-0.25, -0.2) is 9.97 Å². The third kappa shape index (κ3) is 4.73. The Morgan fingerprint density at radius 2 is 2.08 bits per heavy atom. The van der Waals surface area contributed by atoms with Crippen molar-refractivity contribution in [3.8, 4) is 11.5 Å². The maximum Gasteiger partial charge on any atom is 0.220 e. The lowest BCUT2D eigenvalue weighted by Crippen LogP contribution is -2.37. The second-order valence-corrected chi connectivity index (χ2v) is 10.4. The van der Waals surface area contributed by atoms with Crippen molar-refractivity contribution in [1.29, 1.82) is 0 Å². The van der Waals surface area contributed by atoms with Crippen molar-refractivity contribution in [2.75, 3.05) is 18.0 Å². The van der Waals surface area contributed by atoms with Crippen molar-refractivity contribution in [3.63, 3.8) is 0 Å². The molecule has 9 heteroatoms. The number of benzene rings is 1. The number of aromatic nitrogens is 5. The number of aromatic amines is 2. The van der Waals surface area contributed by atoms with Crippen molar-refractivity contribution in [3.05, 3.63) is 42.2 Å². The van der Waals surface area contributed by atoms with Gasteiger partial charge in [-0.2, -0.15) is 5.10 Å². The summed E-state index contributed by atoms with van der Waals surface area (Å²) in [6.07, 6.45) is 10.4. The van der Waals surface area contributed by atoms with E-state index < -0.39 is 0 Å². The highest BCUT2D eigenvalue weighted by molar-refractivity contribution is 5.96. The number of carbonyl (C=O) groups is 1. The fourth-order valence-corrected chi connectivity index (χ4v) is 5.28. The lowest BCUT2D eigenvalue weighted by molar-refractivity contribution is -0.122. The third-order valence-corrected chi connectivity index (χ3v) is 7.08. The SMILES string of the molecule is CC(C)CC(=O)NC1C=NC=C(c2cnc3n[nH]c(-c4nc5c(N6CCCCC6)cccc5[nH]4)c3c2)C1. The molecule has 1 saturated heterocycles. The number of H-pyrrole nitrogens is 2. The number of fused-ring (bicyclic) bond motifs is 2. The van der Waals surface area contributed by atoms with Crippen LogP contribution in [0.1, 0.15) is 51.5 Å². The van der Waals surface area contributed by atoms with Crippen LogP contribution in [0.15, 0.2) is 41.7 Å². The first-order chi connectivity index (χ1) is 18.0. The first kappa shape index (κ1) is 23.4. The number of hydrogen-bond acceptors (Lipinski definition) is 6. The summed E-state index contributed by atoms with van der Waals surface area (Å²) < 4.78 is 0. The van der Waals surface area contributed by atoms with Crippen LogP contribution < -0.4 is 10.2 Å². The molecule has 4 aromatic rings. The summed E-state index contributed by atoms with van der Waals surface area (Å²) in [5.74, 6) is 1.11. The van der Waals surface area contributed by atoms with Gasteiger partial charge in [0.15, 0.2) is 11.5 Å². The standard InChI is InChI=1S/C28H32N8O/c1-17(2)11-24(37)31-20-12-18(14-29-16-20)19-13-21-25(34-35-27(21)30-15-19)28-32-22-7-6-8-23(26(22)33-28)36-9-4-3-5-10-36/h6-8,13-17,20H,3-5,9-12H2,1-2H3,(H,31,37)(H,32,33)(H,30,34,35). The Bertz CT molecular complexity index is 1510. The minimum atomic E-state index is -0.130. The van der Waals surface area contributed by atoms with E-state index in [-0.39, 0.29) is 11.9 Å². The lowest BCUT2D eigenvalue weighted by atomic mass is 9.98. The quantitative estimate of drug-likeness (QED) is 0.353. The molecule has 0 saturated carbocycles. The Kier molecular flexibility index (Phi) is 6.20. The monoisotopic (exact) mass is 496 g/mol. The van der Waals surface area contributed by atoms with Crippen LogP contribution in [0.3, 0.4) is 0 Å². The van der Waals surface area contributed by atoms with E-state index in [1.807, 2.05) is 26.2 Å². The number of nitrogens with one attached hydrogen (secondary N) is 3. The van der Waals surface area contributed by atoms with Gasteiger partial charge in [0.25, 0.3) is 0 Å². The van der Waals surface area contributed by atoms with Gasteiger partial charge in [-0.1, -0.05) is 19.9 Å². The molecule has 3 N–H and O–H groups in total. The minimum Gasteiger partial charge on any atom is -0.370 e. The summed E-state index contributed by atoms with van der Waals surface area (Å²) in [6.45, 7) is 6.22. The molecule has 1 unspecified atom stereocenters. The molecule has 5 heterocycles. The molecule has 190 valence electrons. The highest BCUT2D eigenvalue weighted by Crippen LogP contribution is 2.33. The molecule has 6 rings (SSSR count). The van der Waals surface area contributed by atoms with Crippen molar-refractivity contribution in [1.82, 2.24) is 30.5 Å². The average Bonchev–Trinajstić information content (AvgIpc) is 3.52. The fraction of sp³-hybridized carbons (Fsp3) is 0.393. The first-order valence-electron chi connectivity index (χ1n) is 13.2. The van der Waals surface area contributed by atoms with Crippen LogP contribution in [0, 0.1) is 5.92 Å². The van der Waals surface area contributed by atoms with Gasteiger partial charge >= 0.3 is 0 Å². The molecule has 1 amide bonds. The predicted octanol–water partition coefficient (Wildman–Crippen LogP) is 4.84. The van der Waals surface area contributed by atoms with Crippen molar-refractivity contribution < 1.29 is 4.79 Å². The number of pyridine rings is 1. The first-order valence-corrected chi connectivity index (χ1v) is 13.2. The van der Waals surface area contributed by atoms with E-state index in [1.165, 1.54) is 24.9 Å². The van der Waals surface area contributed by atoms with Crippen LogP contribution in [-0.2, 0) is 4.79 Å². The van der Waals surface area contributed by atoms with E-state index in [2.05, 4.69) is 59.6 Å². The number of hydrogen-bond donors (Lipinski definition) is 3. The number of piperidine rings is 1. The molecule has 1 atom stereocenters. The van der Waals surface area contributed by atoms with Gasteiger partial charge in [-0.05, 0) is 60.9 Å². The van der Waals surface area contributed by atoms with Gasteiger partial charge in [0, 0.05) is 38.1 Å². The van der Waals surface area contributed by atoms with E-state index in [0.29, 0.717) is 24.4 Å². The number of anilines is 1. The summed E-state index contributed by atoms with van der Waals surface area (Å²) in [7, 11) is 0. The van der Waals surface area contributed by atoms with Crippen molar-refractivity contribution in [2.24, 2.45) is 10.9 Å². The molecule has 3 aromatic heterocycles. The lowest BCUT2D eigenvalue weighted by Gasteiger charge is -2.28. The average molecular weight is 497 g/mol. The summed E-state index contributed by atoms with van der Waals surface area (Å²) in [4.78, 5) is 32.2. The molecular weight excluding hydrogens is 464 g/mol. The van der Waals surface area contributed by atoms with Gasteiger partial charge < -0.3 is 15.2 Å². The van der Waals surface area contributed by atoms with E-state index in [4.69, 9.17) is 4.98 Å². The summed E-state index contributed by atoms with van der Waals surface area (Å²) >= 11 is 0. The van der Waals surface area contributed by atoms with Gasteiger partial charge in [0.2, 0.25) is 5.91 Å². The number of aliphatic imine (C=N–C) groups is 1. The summed E-state index contributed by atoms with van der Waals surface area (Å²) in [5, 5.41) is 11.6. The Balaban J connectivity index is 1.30. The van der Waals surface area contributed by atoms with Crippen LogP contribution in [0.2, 0.25) is 0 Å². The normalized spacial score (nSPS) is 18.1. The molecule has 0 aliphatic carbocycles. The maximum atomic E-state index is 12.3. The van der Waals surface area contributed by atoms with E-state index in [1.54, 1.807) is 6.21 Å². The molecule has 0 radical (unpaired) electrons. The maximum absolute atomic E-state index is 12.3. The number of para-hydroxylation sites is 1. The fourth-order valence-electron chi connectivity index (χ4n) is 5.28. The molecule has 0 spiro atoms. The second-order valence-electron chi connectivity index (χ2n) is 10.4. The zero-order valence-corrected chi connectivity index (χ0v) is 21.3. The number of imidazole rings is 1. The van der Waals surface area contributed by atoms with Crippen molar-refractivity contribution in [2.45, 2.75) is 52.0 Å². The molecule has 1 aromatic carbocycles. The zero-order chi connectivity index (χ0) is 25.4. The number of rotatable bonds is 6. The van der Waals surface area contributed by atoms with Crippen LogP contribution in [0.25, 0.3) is 39.2 Å². The van der Waals surface area contributed by atoms with Crippen LogP contribution in [0.5, 0.6) is 0 Å².